The lowest BCUT2D eigenvalue weighted by atomic mass is 10.3. The van der Waals surface area contributed by atoms with E-state index in [-0.39, 0.29) is 5.91 Å². The minimum atomic E-state index is -0.154. The highest BCUT2D eigenvalue weighted by molar-refractivity contribution is 5.93. The summed E-state index contributed by atoms with van der Waals surface area (Å²) in [6.45, 7) is 0.501. The zero-order valence-electron chi connectivity index (χ0n) is 6.50. The van der Waals surface area contributed by atoms with Crippen LogP contribution in [0.4, 0.5) is 0 Å². The van der Waals surface area contributed by atoms with Gasteiger partial charge >= 0.3 is 0 Å². The molecule has 12 heavy (non-hydrogen) atoms. The van der Waals surface area contributed by atoms with Gasteiger partial charge in [0.05, 0.1) is 11.8 Å². The van der Waals surface area contributed by atoms with Crippen LogP contribution < -0.4 is 5.32 Å². The molecule has 62 valence electrons. The monoisotopic (exact) mass is 163 g/mol. The number of H-pyrrole nitrogens is 1. The van der Waals surface area contributed by atoms with Crippen molar-refractivity contribution in [2.24, 2.45) is 0 Å². The van der Waals surface area contributed by atoms with Crippen molar-refractivity contribution in [2.75, 3.05) is 6.54 Å². The normalized spacial score (nSPS) is 8.92. The van der Waals surface area contributed by atoms with Crippen molar-refractivity contribution in [3.8, 4) is 12.3 Å². The lowest BCUT2D eigenvalue weighted by Gasteiger charge is -1.98. The van der Waals surface area contributed by atoms with Crippen LogP contribution in [0.1, 0.15) is 16.8 Å². The fourth-order valence-electron chi connectivity index (χ4n) is 0.725. The fraction of sp³-hybridized carbons (Fsp3) is 0.250. The summed E-state index contributed by atoms with van der Waals surface area (Å²) in [5.41, 5.74) is 0.520. The lowest BCUT2D eigenvalue weighted by Crippen LogP contribution is -2.23. The van der Waals surface area contributed by atoms with Crippen LogP contribution in [-0.4, -0.2) is 22.6 Å². The van der Waals surface area contributed by atoms with Crippen molar-refractivity contribution in [1.29, 1.82) is 0 Å². The highest BCUT2D eigenvalue weighted by Crippen LogP contribution is 1.92. The molecule has 1 heterocycles. The molecule has 1 aromatic rings. The van der Waals surface area contributed by atoms with E-state index < -0.39 is 0 Å². The summed E-state index contributed by atoms with van der Waals surface area (Å²) in [5.74, 6) is 2.28. The molecule has 2 N–H and O–H groups in total. The van der Waals surface area contributed by atoms with Gasteiger partial charge in [0, 0.05) is 19.2 Å². The molecule has 0 fully saturated rings. The molecule has 0 aromatic carbocycles. The smallest absolute Gasteiger partial charge is 0.254 e. The SMILES string of the molecule is C#CCCNC(=O)c1cn[nH]c1. The van der Waals surface area contributed by atoms with Crippen LogP contribution in [0.25, 0.3) is 0 Å². The summed E-state index contributed by atoms with van der Waals surface area (Å²) >= 11 is 0. The van der Waals surface area contributed by atoms with Gasteiger partial charge in [-0.15, -0.1) is 12.3 Å². The second kappa shape index (κ2) is 4.19. The molecule has 0 unspecified atom stereocenters. The molecule has 1 rings (SSSR count). The lowest BCUT2D eigenvalue weighted by molar-refractivity contribution is 0.0954. The molecule has 1 aromatic heterocycles. The molecule has 0 atom stereocenters. The number of rotatable bonds is 3. The summed E-state index contributed by atoms with van der Waals surface area (Å²) in [4.78, 5) is 11.1. The van der Waals surface area contributed by atoms with Crippen molar-refractivity contribution >= 4 is 5.91 Å². The van der Waals surface area contributed by atoms with Crippen LogP contribution in [0.5, 0.6) is 0 Å². The minimum Gasteiger partial charge on any atom is -0.351 e. The number of carbonyl (C=O) groups excluding carboxylic acids is 1. The van der Waals surface area contributed by atoms with Gasteiger partial charge in [0.2, 0.25) is 0 Å². The summed E-state index contributed by atoms with van der Waals surface area (Å²) < 4.78 is 0. The van der Waals surface area contributed by atoms with Gasteiger partial charge in [-0.3, -0.25) is 9.89 Å². The third-order valence-electron chi connectivity index (χ3n) is 1.32. The average molecular weight is 163 g/mol. The maximum atomic E-state index is 11.1. The molecule has 0 saturated heterocycles. The van der Waals surface area contributed by atoms with E-state index in [2.05, 4.69) is 21.4 Å². The van der Waals surface area contributed by atoms with Crippen LogP contribution in [-0.2, 0) is 0 Å². The number of terminal acetylenes is 1. The topological polar surface area (TPSA) is 57.8 Å². The van der Waals surface area contributed by atoms with Gasteiger partial charge in [0.25, 0.3) is 5.91 Å². The van der Waals surface area contributed by atoms with Gasteiger partial charge in [-0.05, 0) is 0 Å². The van der Waals surface area contributed by atoms with E-state index in [1.807, 2.05) is 0 Å². The standard InChI is InChI=1S/C8H9N3O/c1-2-3-4-9-8(12)7-5-10-11-6-7/h1,5-6H,3-4H2,(H,9,12)(H,10,11). The zero-order valence-corrected chi connectivity index (χ0v) is 6.50. The van der Waals surface area contributed by atoms with Crippen LogP contribution >= 0.6 is 0 Å². The van der Waals surface area contributed by atoms with E-state index in [0.717, 1.165) is 0 Å². The van der Waals surface area contributed by atoms with Crippen molar-refractivity contribution < 1.29 is 4.79 Å². The Hall–Kier alpha value is -1.76. The number of amides is 1. The van der Waals surface area contributed by atoms with Crippen molar-refractivity contribution in [3.05, 3.63) is 18.0 Å². The molecule has 0 saturated carbocycles. The molecule has 0 aliphatic heterocycles. The number of aromatic amines is 1. The van der Waals surface area contributed by atoms with Gasteiger partial charge in [-0.2, -0.15) is 5.10 Å². The predicted octanol–water partition coefficient (Wildman–Crippen LogP) is 0.163. The van der Waals surface area contributed by atoms with Crippen LogP contribution in [0.3, 0.4) is 0 Å². The van der Waals surface area contributed by atoms with Gasteiger partial charge in [-0.1, -0.05) is 0 Å². The Balaban J connectivity index is 2.36. The molecular weight excluding hydrogens is 154 g/mol. The molecule has 4 heteroatoms. The van der Waals surface area contributed by atoms with E-state index in [1.54, 1.807) is 0 Å². The molecule has 0 aliphatic rings. The first kappa shape index (κ1) is 8.34. The Morgan fingerprint density at radius 2 is 2.67 bits per heavy atom. The summed E-state index contributed by atoms with van der Waals surface area (Å²) in [6, 6.07) is 0. The van der Waals surface area contributed by atoms with E-state index in [0.29, 0.717) is 18.5 Å². The molecular formula is C8H9N3O. The Kier molecular flexibility index (Phi) is 2.91. The molecule has 0 radical (unpaired) electrons. The maximum Gasteiger partial charge on any atom is 0.254 e. The first-order valence-electron chi connectivity index (χ1n) is 3.55. The fourth-order valence-corrected chi connectivity index (χ4v) is 0.725. The Morgan fingerprint density at radius 3 is 3.25 bits per heavy atom. The second-order valence-corrected chi connectivity index (χ2v) is 2.20. The number of hydrogen-bond acceptors (Lipinski definition) is 2. The number of nitrogens with one attached hydrogen (secondary N) is 2. The molecule has 0 spiro atoms. The Bertz CT molecular complexity index is 284. The van der Waals surface area contributed by atoms with Gasteiger partial charge in [-0.25, -0.2) is 0 Å². The number of aromatic nitrogens is 2. The summed E-state index contributed by atoms with van der Waals surface area (Å²) in [6.07, 6.45) is 8.56. The molecule has 4 nitrogen and oxygen atoms in total. The van der Waals surface area contributed by atoms with Gasteiger partial charge < -0.3 is 5.32 Å². The van der Waals surface area contributed by atoms with Gasteiger partial charge in [0.1, 0.15) is 0 Å². The van der Waals surface area contributed by atoms with Crippen LogP contribution in [0.15, 0.2) is 12.4 Å². The first-order valence-corrected chi connectivity index (χ1v) is 3.55. The number of hydrogen-bond donors (Lipinski definition) is 2. The minimum absolute atomic E-state index is 0.154. The van der Waals surface area contributed by atoms with E-state index in [1.165, 1.54) is 12.4 Å². The Labute approximate surface area is 70.4 Å². The van der Waals surface area contributed by atoms with E-state index >= 15 is 0 Å². The third kappa shape index (κ3) is 2.13. The predicted molar refractivity (Wildman–Crippen MR) is 44.4 cm³/mol. The average Bonchev–Trinajstić information content (AvgIpc) is 2.56. The summed E-state index contributed by atoms with van der Waals surface area (Å²) in [7, 11) is 0. The van der Waals surface area contributed by atoms with E-state index in [9.17, 15) is 4.79 Å². The third-order valence-corrected chi connectivity index (χ3v) is 1.32. The molecule has 0 aliphatic carbocycles. The molecule has 1 amide bonds. The second-order valence-electron chi connectivity index (χ2n) is 2.20. The van der Waals surface area contributed by atoms with Crippen molar-refractivity contribution in [3.63, 3.8) is 0 Å². The zero-order chi connectivity index (χ0) is 8.81. The van der Waals surface area contributed by atoms with Gasteiger partial charge in [0.15, 0.2) is 0 Å². The first-order chi connectivity index (χ1) is 5.84. The summed E-state index contributed by atoms with van der Waals surface area (Å²) in [5, 5.41) is 8.84. The van der Waals surface area contributed by atoms with Crippen molar-refractivity contribution in [1.82, 2.24) is 15.5 Å². The van der Waals surface area contributed by atoms with Crippen molar-refractivity contribution in [2.45, 2.75) is 6.42 Å². The maximum absolute atomic E-state index is 11.1. The van der Waals surface area contributed by atoms with E-state index in [4.69, 9.17) is 6.42 Å². The molecule has 0 bridgehead atoms. The largest absolute Gasteiger partial charge is 0.351 e. The van der Waals surface area contributed by atoms with Crippen LogP contribution in [0, 0.1) is 12.3 Å². The Morgan fingerprint density at radius 1 is 1.83 bits per heavy atom. The highest BCUT2D eigenvalue weighted by Gasteiger charge is 2.03. The van der Waals surface area contributed by atoms with Crippen LogP contribution in [0.2, 0.25) is 0 Å². The quantitative estimate of drug-likeness (QED) is 0.492. The number of carbonyl (C=O) groups is 1. The highest BCUT2D eigenvalue weighted by atomic mass is 16.1. The number of nitrogens with zero attached hydrogens (tertiary/aromatic N) is 1.